The smallest absolute Gasteiger partial charge is 0.263 e. The van der Waals surface area contributed by atoms with Crippen LogP contribution in [0.2, 0.25) is 5.02 Å². The van der Waals surface area contributed by atoms with Crippen molar-refractivity contribution in [1.82, 2.24) is 9.21 Å². The fraction of sp³-hybridized carbons (Fsp3) is 0.381. The van der Waals surface area contributed by atoms with Crippen molar-refractivity contribution in [3.8, 4) is 5.75 Å². The molecule has 1 heterocycles. The molecule has 1 fully saturated rings. The van der Waals surface area contributed by atoms with Crippen molar-refractivity contribution >= 4 is 27.5 Å². The van der Waals surface area contributed by atoms with Gasteiger partial charge in [-0.1, -0.05) is 42.3 Å². The number of nitrogens with zero attached hydrogens (tertiary/aromatic N) is 2. The van der Waals surface area contributed by atoms with Crippen LogP contribution in [0.3, 0.4) is 0 Å². The van der Waals surface area contributed by atoms with E-state index in [1.807, 2.05) is 13.8 Å². The summed E-state index contributed by atoms with van der Waals surface area (Å²) in [6.07, 6.45) is -0.124. The number of benzene rings is 2. The first-order valence-corrected chi connectivity index (χ1v) is 11.4. The van der Waals surface area contributed by atoms with Gasteiger partial charge < -0.3 is 9.64 Å². The third kappa shape index (κ3) is 5.10. The molecular formula is C21H25ClN2O4S. The summed E-state index contributed by atoms with van der Waals surface area (Å²) in [5.74, 6) is 0.401. The largest absolute Gasteiger partial charge is 0.481 e. The Morgan fingerprint density at radius 2 is 1.76 bits per heavy atom. The number of rotatable bonds is 6. The van der Waals surface area contributed by atoms with E-state index >= 15 is 0 Å². The molecule has 0 N–H and O–H groups in total. The van der Waals surface area contributed by atoms with Crippen molar-refractivity contribution in [2.45, 2.75) is 31.3 Å². The van der Waals surface area contributed by atoms with Gasteiger partial charge in [0.2, 0.25) is 10.0 Å². The molecule has 6 nitrogen and oxygen atoms in total. The quantitative estimate of drug-likeness (QED) is 0.696. The molecule has 0 spiro atoms. The Kier molecular flexibility index (Phi) is 6.82. The molecule has 1 aliphatic heterocycles. The van der Waals surface area contributed by atoms with Crippen LogP contribution in [0.5, 0.6) is 5.75 Å². The minimum absolute atomic E-state index is 0.139. The molecule has 0 aliphatic carbocycles. The number of amides is 1. The Balaban J connectivity index is 1.63. The van der Waals surface area contributed by atoms with Crippen molar-refractivity contribution in [1.29, 1.82) is 0 Å². The molecule has 0 radical (unpaired) electrons. The molecule has 1 amide bonds. The number of sulfonamides is 1. The zero-order chi connectivity index (χ0) is 21.0. The number of ether oxygens (including phenoxy) is 1. The molecule has 0 saturated carbocycles. The average Bonchev–Trinajstić information content (AvgIpc) is 2.72. The Morgan fingerprint density at radius 1 is 1.10 bits per heavy atom. The van der Waals surface area contributed by atoms with E-state index in [4.69, 9.17) is 16.3 Å². The van der Waals surface area contributed by atoms with Crippen LogP contribution in [0, 0.1) is 6.92 Å². The average molecular weight is 437 g/mol. The van der Waals surface area contributed by atoms with Gasteiger partial charge in [0.15, 0.2) is 6.10 Å². The number of carbonyl (C=O) groups is 1. The third-order valence-electron chi connectivity index (χ3n) is 4.93. The maximum atomic E-state index is 12.9. The second-order valence-corrected chi connectivity index (χ2v) is 9.39. The normalized spacial score (nSPS) is 16.4. The van der Waals surface area contributed by atoms with Crippen LogP contribution in [0.15, 0.2) is 53.4 Å². The first kappa shape index (κ1) is 21.6. The van der Waals surface area contributed by atoms with Crippen LogP contribution in [0.25, 0.3) is 0 Å². The molecular weight excluding hydrogens is 412 g/mol. The van der Waals surface area contributed by atoms with Crippen LogP contribution < -0.4 is 4.74 Å². The van der Waals surface area contributed by atoms with E-state index in [1.165, 1.54) is 4.31 Å². The topological polar surface area (TPSA) is 66.9 Å². The van der Waals surface area contributed by atoms with E-state index in [-0.39, 0.29) is 23.9 Å². The minimum Gasteiger partial charge on any atom is -0.481 e. The molecule has 0 unspecified atom stereocenters. The van der Waals surface area contributed by atoms with Crippen molar-refractivity contribution < 1.29 is 17.9 Å². The van der Waals surface area contributed by atoms with E-state index in [0.29, 0.717) is 30.3 Å². The van der Waals surface area contributed by atoms with E-state index in [0.717, 1.165) is 5.56 Å². The van der Waals surface area contributed by atoms with Gasteiger partial charge in [0.1, 0.15) is 5.75 Å². The van der Waals surface area contributed by atoms with Crippen molar-refractivity contribution in [3.63, 3.8) is 0 Å². The lowest BCUT2D eigenvalue weighted by Crippen LogP contribution is -2.53. The Labute approximate surface area is 177 Å². The van der Waals surface area contributed by atoms with Gasteiger partial charge >= 0.3 is 0 Å². The number of piperazine rings is 1. The summed E-state index contributed by atoms with van der Waals surface area (Å²) in [7, 11) is -3.56. The van der Waals surface area contributed by atoms with E-state index < -0.39 is 16.1 Å². The first-order chi connectivity index (χ1) is 13.8. The number of halogens is 1. The molecule has 1 aliphatic rings. The molecule has 3 rings (SSSR count). The molecule has 2 aromatic carbocycles. The lowest BCUT2D eigenvalue weighted by molar-refractivity contribution is -0.140. The molecule has 1 saturated heterocycles. The maximum Gasteiger partial charge on any atom is 0.263 e. The first-order valence-electron chi connectivity index (χ1n) is 9.59. The van der Waals surface area contributed by atoms with Gasteiger partial charge in [-0.15, -0.1) is 0 Å². The van der Waals surface area contributed by atoms with Crippen LogP contribution in [0.1, 0.15) is 18.9 Å². The Bertz CT molecular complexity index is 955. The summed E-state index contributed by atoms with van der Waals surface area (Å²) >= 11 is 5.98. The van der Waals surface area contributed by atoms with Gasteiger partial charge in [-0.25, -0.2) is 8.42 Å². The Hall–Kier alpha value is -2.09. The standard InChI is InChI=1S/C21H25ClN2O4S/c1-3-20(28-18-6-4-5-17(22)15-18)21(25)23-11-13-24(14-12-23)29(26,27)19-9-7-16(2)8-10-19/h4-10,15,20H,3,11-14H2,1-2H3/t20-/m1/s1. The fourth-order valence-electron chi connectivity index (χ4n) is 3.22. The van der Waals surface area contributed by atoms with Crippen LogP contribution in [-0.4, -0.2) is 55.8 Å². The molecule has 0 aromatic heterocycles. The van der Waals surface area contributed by atoms with Crippen LogP contribution in [-0.2, 0) is 14.8 Å². The fourth-order valence-corrected chi connectivity index (χ4v) is 4.83. The number of carbonyl (C=O) groups excluding carboxylic acids is 1. The van der Waals surface area contributed by atoms with Crippen molar-refractivity contribution in [3.05, 3.63) is 59.1 Å². The van der Waals surface area contributed by atoms with Gasteiger partial charge in [-0.3, -0.25) is 4.79 Å². The van der Waals surface area contributed by atoms with Crippen molar-refractivity contribution in [2.24, 2.45) is 0 Å². The summed E-state index contributed by atoms with van der Waals surface area (Å²) in [5.41, 5.74) is 1.00. The number of hydrogen-bond donors (Lipinski definition) is 0. The summed E-state index contributed by atoms with van der Waals surface area (Å²) in [4.78, 5) is 14.8. The molecule has 156 valence electrons. The number of hydrogen-bond acceptors (Lipinski definition) is 4. The highest BCUT2D eigenvalue weighted by Crippen LogP contribution is 2.22. The number of aryl methyl sites for hydroxylation is 1. The second-order valence-electron chi connectivity index (χ2n) is 7.01. The summed E-state index contributed by atoms with van der Waals surface area (Å²) < 4.78 is 32.9. The van der Waals surface area contributed by atoms with Gasteiger partial charge in [-0.2, -0.15) is 4.31 Å². The van der Waals surface area contributed by atoms with Gasteiger partial charge in [-0.05, 0) is 43.7 Å². The highest BCUT2D eigenvalue weighted by atomic mass is 35.5. The predicted octanol–water partition coefficient (Wildman–Crippen LogP) is 3.34. The SMILES string of the molecule is CC[C@@H](Oc1cccc(Cl)c1)C(=O)N1CCN(S(=O)(=O)c2ccc(C)cc2)CC1. The molecule has 8 heteroatoms. The Morgan fingerprint density at radius 3 is 2.34 bits per heavy atom. The highest BCUT2D eigenvalue weighted by Gasteiger charge is 2.32. The molecule has 1 atom stereocenters. The summed E-state index contributed by atoms with van der Waals surface area (Å²) in [5, 5.41) is 0.541. The molecule has 0 bridgehead atoms. The monoisotopic (exact) mass is 436 g/mol. The van der Waals surface area contributed by atoms with E-state index in [1.54, 1.807) is 53.4 Å². The zero-order valence-corrected chi connectivity index (χ0v) is 18.1. The predicted molar refractivity (Wildman–Crippen MR) is 113 cm³/mol. The summed E-state index contributed by atoms with van der Waals surface area (Å²) in [6, 6.07) is 13.7. The minimum atomic E-state index is -3.56. The molecule has 29 heavy (non-hydrogen) atoms. The van der Waals surface area contributed by atoms with Gasteiger partial charge in [0.05, 0.1) is 4.90 Å². The second kappa shape index (κ2) is 9.15. The lowest BCUT2D eigenvalue weighted by Gasteiger charge is -2.35. The van der Waals surface area contributed by atoms with Gasteiger partial charge in [0.25, 0.3) is 5.91 Å². The van der Waals surface area contributed by atoms with Crippen LogP contribution in [0.4, 0.5) is 0 Å². The van der Waals surface area contributed by atoms with E-state index in [2.05, 4.69) is 0 Å². The van der Waals surface area contributed by atoms with Gasteiger partial charge in [0, 0.05) is 31.2 Å². The highest BCUT2D eigenvalue weighted by molar-refractivity contribution is 7.89. The maximum absolute atomic E-state index is 12.9. The third-order valence-corrected chi connectivity index (χ3v) is 7.08. The zero-order valence-electron chi connectivity index (χ0n) is 16.5. The van der Waals surface area contributed by atoms with Crippen molar-refractivity contribution in [2.75, 3.05) is 26.2 Å². The van der Waals surface area contributed by atoms with E-state index in [9.17, 15) is 13.2 Å². The summed E-state index contributed by atoms with van der Waals surface area (Å²) in [6.45, 7) is 4.98. The lowest BCUT2D eigenvalue weighted by atomic mass is 10.2. The van der Waals surface area contributed by atoms with Crippen LogP contribution >= 0.6 is 11.6 Å². The molecule has 2 aromatic rings.